The van der Waals surface area contributed by atoms with Crippen LogP contribution in [0.4, 0.5) is 0 Å². The molecule has 4 aromatic rings. The molecule has 1 fully saturated rings. The van der Waals surface area contributed by atoms with E-state index in [0.29, 0.717) is 28.0 Å². The Labute approximate surface area is 185 Å². The Morgan fingerprint density at radius 2 is 1.81 bits per heavy atom. The molecular formula is C24H21N3O4S. The molecule has 1 aromatic carbocycles. The predicted octanol–water partition coefficient (Wildman–Crippen LogP) is 4.20. The number of hydrogen-bond donors (Lipinski definition) is 0. The largest absolute Gasteiger partial charge is 0.454 e. The van der Waals surface area contributed by atoms with E-state index in [9.17, 15) is 13.2 Å². The lowest BCUT2D eigenvalue weighted by atomic mass is 10.0. The molecule has 0 aliphatic carbocycles. The number of carbonyl (C=O) groups excluding carboxylic acids is 1. The predicted molar refractivity (Wildman–Crippen MR) is 121 cm³/mol. The summed E-state index contributed by atoms with van der Waals surface area (Å²) >= 11 is 0. The summed E-state index contributed by atoms with van der Waals surface area (Å²) in [5.74, 6) is 0.587. The van der Waals surface area contributed by atoms with Gasteiger partial charge in [0.25, 0.3) is 5.91 Å². The van der Waals surface area contributed by atoms with Gasteiger partial charge in [-0.15, -0.1) is 0 Å². The van der Waals surface area contributed by atoms with Crippen LogP contribution in [0, 0.1) is 0 Å². The lowest BCUT2D eigenvalue weighted by Gasteiger charge is -2.15. The van der Waals surface area contributed by atoms with Crippen molar-refractivity contribution in [1.82, 2.24) is 14.9 Å². The van der Waals surface area contributed by atoms with E-state index in [4.69, 9.17) is 4.42 Å². The third-order valence-corrected chi connectivity index (χ3v) is 6.63. The van der Waals surface area contributed by atoms with Crippen LogP contribution in [0.1, 0.15) is 23.2 Å². The molecular weight excluding hydrogens is 426 g/mol. The molecule has 0 unspecified atom stereocenters. The first-order valence-electron chi connectivity index (χ1n) is 10.3. The number of carbonyl (C=O) groups is 1. The van der Waals surface area contributed by atoms with Crippen molar-refractivity contribution in [2.75, 3.05) is 19.3 Å². The van der Waals surface area contributed by atoms with E-state index < -0.39 is 9.84 Å². The van der Waals surface area contributed by atoms with Gasteiger partial charge in [-0.3, -0.25) is 9.78 Å². The van der Waals surface area contributed by atoms with Crippen molar-refractivity contribution in [1.29, 1.82) is 0 Å². The number of benzene rings is 1. The zero-order valence-electron chi connectivity index (χ0n) is 17.5. The number of fused-ring (bicyclic) bond motifs is 1. The third-order valence-electron chi connectivity index (χ3n) is 5.63. The minimum atomic E-state index is -3.37. The molecule has 0 atom stereocenters. The molecule has 8 heteroatoms. The molecule has 4 heterocycles. The Bertz CT molecular complexity index is 1420. The van der Waals surface area contributed by atoms with Crippen LogP contribution in [0.15, 0.2) is 70.4 Å². The molecule has 7 nitrogen and oxygen atoms in total. The van der Waals surface area contributed by atoms with Crippen LogP contribution in [0.2, 0.25) is 0 Å². The van der Waals surface area contributed by atoms with Gasteiger partial charge < -0.3 is 9.32 Å². The van der Waals surface area contributed by atoms with Gasteiger partial charge in [-0.25, -0.2) is 13.4 Å². The zero-order valence-corrected chi connectivity index (χ0v) is 18.3. The quantitative estimate of drug-likeness (QED) is 0.466. The lowest BCUT2D eigenvalue weighted by Crippen LogP contribution is -2.27. The monoisotopic (exact) mass is 447 g/mol. The van der Waals surface area contributed by atoms with E-state index in [1.165, 1.54) is 12.3 Å². The van der Waals surface area contributed by atoms with Gasteiger partial charge in [0, 0.05) is 54.5 Å². The molecule has 1 saturated heterocycles. The summed E-state index contributed by atoms with van der Waals surface area (Å²) in [4.78, 5) is 23.2. The molecule has 32 heavy (non-hydrogen) atoms. The first-order valence-corrected chi connectivity index (χ1v) is 12.2. The van der Waals surface area contributed by atoms with Crippen LogP contribution in [-0.4, -0.2) is 48.5 Å². The number of sulfone groups is 1. The summed E-state index contributed by atoms with van der Waals surface area (Å²) in [5, 5.41) is 0.00987. The number of aromatic nitrogens is 2. The summed E-state index contributed by atoms with van der Waals surface area (Å²) in [5.41, 5.74) is 4.27. The second-order valence-corrected chi connectivity index (χ2v) is 9.88. The minimum absolute atomic E-state index is 0.00987. The van der Waals surface area contributed by atoms with Crippen LogP contribution in [0.3, 0.4) is 0 Å². The maximum Gasteiger partial charge on any atom is 0.253 e. The second kappa shape index (κ2) is 7.87. The van der Waals surface area contributed by atoms with Crippen LogP contribution in [-0.2, 0) is 9.84 Å². The summed E-state index contributed by atoms with van der Waals surface area (Å²) in [6.45, 7) is 1.60. The van der Waals surface area contributed by atoms with Gasteiger partial charge in [0.1, 0.15) is 11.3 Å². The number of hydrogen-bond acceptors (Lipinski definition) is 6. The van der Waals surface area contributed by atoms with Crippen LogP contribution in [0.5, 0.6) is 0 Å². The Morgan fingerprint density at radius 1 is 1.00 bits per heavy atom. The molecule has 1 amide bonds. The SMILES string of the molecule is CS(=O)(=O)c1ccc(-c2cc3nccc(-c4cccc(C(=O)N5CCCC5)c4)c3o2)cn1. The molecule has 5 rings (SSSR count). The summed E-state index contributed by atoms with van der Waals surface area (Å²) in [6.07, 6.45) is 6.40. The van der Waals surface area contributed by atoms with Crippen molar-refractivity contribution in [3.63, 3.8) is 0 Å². The van der Waals surface area contributed by atoms with E-state index in [1.54, 1.807) is 18.3 Å². The summed E-state index contributed by atoms with van der Waals surface area (Å²) in [7, 11) is -3.37. The average Bonchev–Trinajstić information content (AvgIpc) is 3.48. The van der Waals surface area contributed by atoms with Gasteiger partial charge in [0.05, 0.1) is 0 Å². The lowest BCUT2D eigenvalue weighted by molar-refractivity contribution is 0.0793. The Kier molecular flexibility index (Phi) is 5.01. The highest BCUT2D eigenvalue weighted by molar-refractivity contribution is 7.90. The Balaban J connectivity index is 1.53. The fourth-order valence-electron chi connectivity index (χ4n) is 3.98. The topological polar surface area (TPSA) is 93.4 Å². The molecule has 3 aromatic heterocycles. The van der Waals surface area contributed by atoms with Gasteiger partial charge in [0.2, 0.25) is 0 Å². The number of rotatable bonds is 4. The van der Waals surface area contributed by atoms with Crippen LogP contribution in [0.25, 0.3) is 33.6 Å². The smallest absolute Gasteiger partial charge is 0.253 e. The highest BCUT2D eigenvalue weighted by Crippen LogP contribution is 2.34. The minimum Gasteiger partial charge on any atom is -0.454 e. The van der Waals surface area contributed by atoms with Crippen LogP contribution >= 0.6 is 0 Å². The van der Waals surface area contributed by atoms with Crippen molar-refractivity contribution >= 4 is 26.8 Å². The van der Waals surface area contributed by atoms with E-state index in [2.05, 4.69) is 9.97 Å². The van der Waals surface area contributed by atoms with Gasteiger partial charge in [-0.2, -0.15) is 0 Å². The van der Waals surface area contributed by atoms with E-state index >= 15 is 0 Å². The van der Waals surface area contributed by atoms with Crippen molar-refractivity contribution in [3.8, 4) is 22.5 Å². The fraction of sp³-hybridized carbons (Fsp3) is 0.208. The molecule has 0 bridgehead atoms. The highest BCUT2D eigenvalue weighted by atomic mass is 32.2. The number of pyridine rings is 2. The van der Waals surface area contributed by atoms with Gasteiger partial charge >= 0.3 is 0 Å². The van der Waals surface area contributed by atoms with Crippen molar-refractivity contribution in [2.45, 2.75) is 17.9 Å². The van der Waals surface area contributed by atoms with E-state index in [1.807, 2.05) is 35.2 Å². The number of nitrogens with zero attached hydrogens (tertiary/aromatic N) is 3. The number of amides is 1. The first-order chi connectivity index (χ1) is 15.4. The van der Waals surface area contributed by atoms with Crippen molar-refractivity contribution in [2.24, 2.45) is 0 Å². The molecule has 0 radical (unpaired) electrons. The molecule has 0 saturated carbocycles. The van der Waals surface area contributed by atoms with E-state index in [-0.39, 0.29) is 10.9 Å². The maximum atomic E-state index is 12.8. The average molecular weight is 448 g/mol. The standard InChI is InChI=1S/C24H21N3O4S/c1-32(29,30)22-8-7-18(15-26-22)21-14-20-23(31-21)19(9-10-25-20)16-5-4-6-17(13-16)24(28)27-11-2-3-12-27/h4-10,13-15H,2-3,11-12H2,1H3. The van der Waals surface area contributed by atoms with Gasteiger partial charge in [0.15, 0.2) is 20.4 Å². The van der Waals surface area contributed by atoms with Crippen LogP contribution < -0.4 is 0 Å². The Morgan fingerprint density at radius 3 is 2.53 bits per heavy atom. The van der Waals surface area contributed by atoms with Crippen molar-refractivity contribution in [3.05, 3.63) is 66.5 Å². The zero-order chi connectivity index (χ0) is 22.3. The third kappa shape index (κ3) is 3.78. The number of likely N-dealkylation sites (tertiary alicyclic amines) is 1. The highest BCUT2D eigenvalue weighted by Gasteiger charge is 2.20. The van der Waals surface area contributed by atoms with E-state index in [0.717, 1.165) is 43.3 Å². The Hall–Kier alpha value is -3.52. The molecule has 162 valence electrons. The molecule has 1 aliphatic heterocycles. The molecule has 0 spiro atoms. The van der Waals surface area contributed by atoms with Gasteiger partial charge in [-0.1, -0.05) is 12.1 Å². The van der Waals surface area contributed by atoms with Crippen molar-refractivity contribution < 1.29 is 17.6 Å². The summed E-state index contributed by atoms with van der Waals surface area (Å²) < 4.78 is 29.4. The molecule has 1 aliphatic rings. The first kappa shape index (κ1) is 20.4. The number of furan rings is 1. The molecule has 0 N–H and O–H groups in total. The maximum absolute atomic E-state index is 12.8. The van der Waals surface area contributed by atoms with Gasteiger partial charge in [-0.05, 0) is 48.7 Å². The normalized spacial score (nSPS) is 14.2. The summed E-state index contributed by atoms with van der Waals surface area (Å²) in [6, 6.07) is 14.3. The fourth-order valence-corrected chi connectivity index (χ4v) is 4.54. The second-order valence-electron chi connectivity index (χ2n) is 7.92.